The molecule has 1 saturated heterocycles. The van der Waals surface area contributed by atoms with E-state index in [1.807, 2.05) is 6.08 Å². The summed E-state index contributed by atoms with van der Waals surface area (Å²) in [4.78, 5) is 2.48. The molecule has 22 heavy (non-hydrogen) atoms. The van der Waals surface area contributed by atoms with Crippen molar-refractivity contribution in [2.24, 2.45) is 0 Å². The molecular formula is C17H19NO4. The van der Waals surface area contributed by atoms with Crippen molar-refractivity contribution < 1.29 is 19.3 Å². The van der Waals surface area contributed by atoms with Gasteiger partial charge in [0.05, 0.1) is 13.2 Å². The van der Waals surface area contributed by atoms with Crippen molar-refractivity contribution in [3.05, 3.63) is 29.3 Å². The maximum absolute atomic E-state index is 10.9. The van der Waals surface area contributed by atoms with Crippen molar-refractivity contribution >= 4 is 0 Å². The maximum atomic E-state index is 10.9. The Bertz CT molecular complexity index is 686. The molecule has 1 aromatic carbocycles. The number of ether oxygens (including phenoxy) is 3. The summed E-state index contributed by atoms with van der Waals surface area (Å²) in [5, 5.41) is 10.9. The molecule has 0 saturated carbocycles. The van der Waals surface area contributed by atoms with Crippen LogP contribution in [0, 0.1) is 0 Å². The minimum absolute atomic E-state index is 0.233. The zero-order valence-corrected chi connectivity index (χ0v) is 12.5. The summed E-state index contributed by atoms with van der Waals surface area (Å²) < 4.78 is 16.9. The van der Waals surface area contributed by atoms with Gasteiger partial charge in [0.1, 0.15) is 0 Å². The van der Waals surface area contributed by atoms with Crippen molar-refractivity contribution in [3.63, 3.8) is 0 Å². The minimum Gasteiger partial charge on any atom is -0.492 e. The average Bonchev–Trinajstić information content (AvgIpc) is 3.09. The molecular weight excluding hydrogens is 282 g/mol. The number of aliphatic hydroxyl groups is 1. The van der Waals surface area contributed by atoms with Gasteiger partial charge in [-0.25, -0.2) is 0 Å². The molecule has 0 aromatic heterocycles. The second-order valence-electron chi connectivity index (χ2n) is 6.56. The number of nitrogens with zero attached hydrogens (tertiary/aromatic N) is 1. The third-order valence-corrected chi connectivity index (χ3v) is 5.80. The van der Waals surface area contributed by atoms with Gasteiger partial charge in [0.2, 0.25) is 12.5 Å². The molecule has 1 aliphatic carbocycles. The fraction of sp³-hybridized carbons (Fsp3) is 0.529. The fourth-order valence-corrected chi connectivity index (χ4v) is 4.93. The molecule has 5 rings (SSSR count). The van der Waals surface area contributed by atoms with E-state index in [1.165, 1.54) is 5.56 Å². The second kappa shape index (κ2) is 4.18. The molecule has 4 atom stereocenters. The number of rotatable bonds is 1. The van der Waals surface area contributed by atoms with Crippen LogP contribution in [0.5, 0.6) is 17.2 Å². The topological polar surface area (TPSA) is 51.2 Å². The Balaban J connectivity index is 1.82. The molecule has 3 aliphatic heterocycles. The molecule has 1 unspecified atom stereocenters. The van der Waals surface area contributed by atoms with E-state index in [2.05, 4.69) is 17.0 Å². The quantitative estimate of drug-likeness (QED) is 0.798. The monoisotopic (exact) mass is 301 g/mol. The van der Waals surface area contributed by atoms with Crippen LogP contribution in [0.15, 0.2) is 18.2 Å². The summed E-state index contributed by atoms with van der Waals surface area (Å²) in [6.07, 6.45) is 5.50. The van der Waals surface area contributed by atoms with Crippen LogP contribution < -0.4 is 14.2 Å². The van der Waals surface area contributed by atoms with Crippen molar-refractivity contribution in [1.29, 1.82) is 0 Å². The molecule has 0 radical (unpaired) electrons. The standard InChI is InChI=1S/C17H19NO4/c1-20-16-14-10(7-11-15(16)22-9-21-11)8-18-6-5-17(14)12(18)3-2-4-13(17)19/h2,4,7,12-13,19H,3,5-6,8-9H2,1H3/t12-,13-,17+/m1/s1. The second-order valence-corrected chi connectivity index (χ2v) is 6.56. The van der Waals surface area contributed by atoms with Gasteiger partial charge in [-0.05, 0) is 31.0 Å². The SMILES string of the molecule is COc1c2c(cc3c1[C@@]14CCN(C3)[C@@H]1CC=C[C@H]4O)OCO2. The Kier molecular flexibility index (Phi) is 2.43. The molecule has 0 spiro atoms. The summed E-state index contributed by atoms with van der Waals surface area (Å²) in [7, 11) is 1.68. The molecule has 3 heterocycles. The maximum Gasteiger partial charge on any atom is 0.231 e. The highest BCUT2D eigenvalue weighted by atomic mass is 16.7. The van der Waals surface area contributed by atoms with Crippen LogP contribution >= 0.6 is 0 Å². The van der Waals surface area contributed by atoms with E-state index in [9.17, 15) is 5.11 Å². The summed E-state index contributed by atoms with van der Waals surface area (Å²) in [6, 6.07) is 2.41. The van der Waals surface area contributed by atoms with Gasteiger partial charge >= 0.3 is 0 Å². The van der Waals surface area contributed by atoms with Crippen molar-refractivity contribution in [2.75, 3.05) is 20.4 Å². The fourth-order valence-electron chi connectivity index (χ4n) is 4.93. The molecule has 116 valence electrons. The molecule has 1 aromatic rings. The Labute approximate surface area is 129 Å². The lowest BCUT2D eigenvalue weighted by Gasteiger charge is -2.48. The van der Waals surface area contributed by atoms with Gasteiger partial charge in [0, 0.05) is 23.6 Å². The van der Waals surface area contributed by atoms with Crippen molar-refractivity contribution in [3.8, 4) is 17.2 Å². The van der Waals surface area contributed by atoms with Gasteiger partial charge in [-0.1, -0.05) is 12.2 Å². The van der Waals surface area contributed by atoms with Crippen molar-refractivity contribution in [1.82, 2.24) is 4.90 Å². The first-order chi connectivity index (χ1) is 10.8. The van der Waals surface area contributed by atoms with Crippen LogP contribution in [0.1, 0.15) is 24.0 Å². The zero-order valence-electron chi connectivity index (χ0n) is 12.5. The van der Waals surface area contributed by atoms with Crippen LogP contribution in [0.2, 0.25) is 0 Å². The van der Waals surface area contributed by atoms with E-state index in [1.54, 1.807) is 7.11 Å². The Morgan fingerprint density at radius 3 is 3.18 bits per heavy atom. The highest BCUT2D eigenvalue weighted by Crippen LogP contribution is 2.58. The van der Waals surface area contributed by atoms with Gasteiger partial charge in [0.25, 0.3) is 0 Å². The molecule has 1 fully saturated rings. The van der Waals surface area contributed by atoms with E-state index in [-0.39, 0.29) is 12.2 Å². The highest BCUT2D eigenvalue weighted by Gasteiger charge is 2.58. The Morgan fingerprint density at radius 2 is 2.32 bits per heavy atom. The predicted octanol–water partition coefficient (Wildman–Crippen LogP) is 1.57. The molecule has 2 bridgehead atoms. The van der Waals surface area contributed by atoms with E-state index < -0.39 is 6.10 Å². The number of methoxy groups -OCH3 is 1. The van der Waals surface area contributed by atoms with Crippen LogP contribution in [0.25, 0.3) is 0 Å². The number of aliphatic hydroxyl groups excluding tert-OH is 1. The molecule has 0 amide bonds. The normalized spacial score (nSPS) is 36.9. The smallest absolute Gasteiger partial charge is 0.231 e. The first-order valence-electron chi connectivity index (χ1n) is 7.84. The van der Waals surface area contributed by atoms with Gasteiger partial charge in [-0.15, -0.1) is 0 Å². The van der Waals surface area contributed by atoms with Gasteiger partial charge in [-0.2, -0.15) is 0 Å². The minimum atomic E-state index is -0.482. The van der Waals surface area contributed by atoms with E-state index in [0.717, 1.165) is 43.0 Å². The van der Waals surface area contributed by atoms with E-state index >= 15 is 0 Å². The largest absolute Gasteiger partial charge is 0.492 e. The first-order valence-corrected chi connectivity index (χ1v) is 7.84. The third kappa shape index (κ3) is 1.32. The van der Waals surface area contributed by atoms with Crippen molar-refractivity contribution in [2.45, 2.75) is 36.9 Å². The lowest BCUT2D eigenvalue weighted by Crippen LogP contribution is -2.54. The number of hydrogen-bond donors (Lipinski definition) is 1. The Morgan fingerprint density at radius 1 is 1.41 bits per heavy atom. The Hall–Kier alpha value is -1.72. The highest BCUT2D eigenvalue weighted by molar-refractivity contribution is 5.65. The lowest BCUT2D eigenvalue weighted by molar-refractivity contribution is 0.0613. The first kappa shape index (κ1) is 12.8. The zero-order chi connectivity index (χ0) is 14.9. The van der Waals surface area contributed by atoms with Crippen LogP contribution in [0.3, 0.4) is 0 Å². The van der Waals surface area contributed by atoms with E-state index in [0.29, 0.717) is 11.8 Å². The number of hydrogen-bond acceptors (Lipinski definition) is 5. The van der Waals surface area contributed by atoms with Gasteiger partial charge in [-0.3, -0.25) is 4.90 Å². The molecule has 4 aliphatic rings. The summed E-state index contributed by atoms with van der Waals surface area (Å²) >= 11 is 0. The van der Waals surface area contributed by atoms with Crippen LogP contribution in [-0.2, 0) is 12.0 Å². The van der Waals surface area contributed by atoms with Gasteiger partial charge < -0.3 is 19.3 Å². The summed E-state index contributed by atoms with van der Waals surface area (Å²) in [5.41, 5.74) is 2.05. The lowest BCUT2D eigenvalue weighted by atomic mass is 9.63. The van der Waals surface area contributed by atoms with Crippen LogP contribution in [-0.4, -0.2) is 42.6 Å². The number of fused-ring (bicyclic) bond motifs is 2. The number of benzene rings is 1. The molecule has 5 heteroatoms. The molecule has 5 nitrogen and oxygen atoms in total. The average molecular weight is 301 g/mol. The predicted molar refractivity (Wildman–Crippen MR) is 79.4 cm³/mol. The van der Waals surface area contributed by atoms with Gasteiger partial charge in [0.15, 0.2) is 11.5 Å². The summed E-state index contributed by atoms with van der Waals surface area (Å²) in [5.74, 6) is 2.20. The third-order valence-electron chi connectivity index (χ3n) is 5.80. The molecule has 1 N–H and O–H groups in total. The van der Waals surface area contributed by atoms with E-state index in [4.69, 9.17) is 14.2 Å². The summed E-state index contributed by atoms with van der Waals surface area (Å²) in [6.45, 7) is 2.13. The van der Waals surface area contributed by atoms with Crippen LogP contribution in [0.4, 0.5) is 0 Å².